The zero-order valence-electron chi connectivity index (χ0n) is 8.55. The van der Waals surface area contributed by atoms with Gasteiger partial charge in [0.1, 0.15) is 0 Å². The summed E-state index contributed by atoms with van der Waals surface area (Å²) in [5.41, 5.74) is 0. The molecule has 0 bridgehead atoms. The Kier molecular flexibility index (Phi) is 6.68. The largest absolute Gasteiger partial charge is 0.385 e. The molecule has 1 heterocycles. The molecule has 1 atom stereocenters. The van der Waals surface area contributed by atoms with Crippen molar-refractivity contribution in [3.8, 4) is 0 Å². The van der Waals surface area contributed by atoms with Crippen molar-refractivity contribution in [3.05, 3.63) is 0 Å². The zero-order valence-corrected chi connectivity index (χ0v) is 9.37. The van der Waals surface area contributed by atoms with Crippen LogP contribution in [-0.4, -0.2) is 38.3 Å². The maximum absolute atomic E-state index is 4.99. The molecule has 13 heavy (non-hydrogen) atoms. The van der Waals surface area contributed by atoms with Crippen molar-refractivity contribution in [2.24, 2.45) is 5.92 Å². The average molecular weight is 203 g/mol. The lowest BCUT2D eigenvalue weighted by Gasteiger charge is -2.09. The van der Waals surface area contributed by atoms with Gasteiger partial charge in [-0.1, -0.05) is 0 Å². The maximum Gasteiger partial charge on any atom is 0.0462 e. The second kappa shape index (κ2) is 7.65. The lowest BCUT2D eigenvalue weighted by atomic mass is 10.1. The van der Waals surface area contributed by atoms with E-state index in [1.54, 1.807) is 7.11 Å². The van der Waals surface area contributed by atoms with E-state index in [2.05, 4.69) is 17.1 Å². The molecular weight excluding hydrogens is 182 g/mol. The van der Waals surface area contributed by atoms with Crippen molar-refractivity contribution in [2.75, 3.05) is 38.3 Å². The van der Waals surface area contributed by atoms with Crippen LogP contribution in [0.1, 0.15) is 19.3 Å². The minimum Gasteiger partial charge on any atom is -0.385 e. The normalized spacial score (nSPS) is 22.4. The van der Waals surface area contributed by atoms with Crippen molar-refractivity contribution in [1.82, 2.24) is 5.32 Å². The molecule has 1 saturated heterocycles. The Morgan fingerprint density at radius 2 is 2.38 bits per heavy atom. The van der Waals surface area contributed by atoms with Gasteiger partial charge in [-0.15, -0.1) is 0 Å². The van der Waals surface area contributed by atoms with Crippen molar-refractivity contribution < 1.29 is 4.74 Å². The second-order valence-electron chi connectivity index (χ2n) is 3.63. The molecule has 0 saturated carbocycles. The summed E-state index contributed by atoms with van der Waals surface area (Å²) < 4.78 is 4.99. The molecular formula is C10H21NOS. The van der Waals surface area contributed by atoms with Crippen molar-refractivity contribution in [2.45, 2.75) is 19.3 Å². The van der Waals surface area contributed by atoms with E-state index in [0.717, 1.165) is 19.1 Å². The van der Waals surface area contributed by atoms with E-state index in [-0.39, 0.29) is 0 Å². The number of nitrogens with one attached hydrogen (secondary N) is 1. The predicted octanol–water partition coefficient (Wildman–Crippen LogP) is 1.76. The first kappa shape index (κ1) is 11.3. The van der Waals surface area contributed by atoms with Crippen LogP contribution >= 0.6 is 11.8 Å². The molecule has 0 aromatic carbocycles. The summed E-state index contributed by atoms with van der Waals surface area (Å²) in [6.07, 6.45) is 3.84. The van der Waals surface area contributed by atoms with Crippen LogP contribution in [0.4, 0.5) is 0 Å². The first-order valence-corrected chi connectivity index (χ1v) is 6.36. The number of hydrogen-bond donors (Lipinski definition) is 1. The van der Waals surface area contributed by atoms with Gasteiger partial charge in [-0.2, -0.15) is 11.8 Å². The van der Waals surface area contributed by atoms with Gasteiger partial charge in [-0.25, -0.2) is 0 Å². The molecule has 0 aromatic rings. The second-order valence-corrected chi connectivity index (χ2v) is 4.78. The topological polar surface area (TPSA) is 21.3 Å². The Morgan fingerprint density at radius 1 is 1.46 bits per heavy atom. The van der Waals surface area contributed by atoms with Gasteiger partial charge in [0.25, 0.3) is 0 Å². The third kappa shape index (κ3) is 5.55. The van der Waals surface area contributed by atoms with Gasteiger partial charge in [0, 0.05) is 13.7 Å². The van der Waals surface area contributed by atoms with Crippen LogP contribution in [0.15, 0.2) is 0 Å². The van der Waals surface area contributed by atoms with Crippen molar-refractivity contribution in [3.63, 3.8) is 0 Å². The molecule has 1 aliphatic heterocycles. The molecule has 1 fully saturated rings. The Labute approximate surface area is 85.8 Å². The maximum atomic E-state index is 4.99. The van der Waals surface area contributed by atoms with E-state index in [0.29, 0.717) is 0 Å². The molecule has 2 nitrogen and oxygen atoms in total. The lowest BCUT2D eigenvalue weighted by Crippen LogP contribution is -2.23. The Bertz CT molecular complexity index is 115. The van der Waals surface area contributed by atoms with E-state index in [1.807, 2.05) is 0 Å². The molecule has 0 aromatic heterocycles. The van der Waals surface area contributed by atoms with E-state index >= 15 is 0 Å². The first-order valence-electron chi connectivity index (χ1n) is 5.21. The Hall–Kier alpha value is 0.270. The standard InChI is InChI=1S/C10H21NOS/c1-12-6-3-2-5-11-8-10-4-7-13-9-10/h10-11H,2-9H2,1H3. The molecule has 1 N–H and O–H groups in total. The van der Waals surface area contributed by atoms with E-state index in [1.165, 1.54) is 37.3 Å². The third-order valence-corrected chi connectivity index (χ3v) is 3.64. The number of rotatable bonds is 7. The lowest BCUT2D eigenvalue weighted by molar-refractivity contribution is 0.192. The van der Waals surface area contributed by atoms with Crippen LogP contribution in [0.3, 0.4) is 0 Å². The smallest absolute Gasteiger partial charge is 0.0462 e. The van der Waals surface area contributed by atoms with Gasteiger partial charge in [0.2, 0.25) is 0 Å². The van der Waals surface area contributed by atoms with E-state index in [4.69, 9.17) is 4.74 Å². The fourth-order valence-corrected chi connectivity index (χ4v) is 2.83. The number of unbranched alkanes of at least 4 members (excludes halogenated alkanes) is 1. The highest BCUT2D eigenvalue weighted by Gasteiger charge is 2.13. The summed E-state index contributed by atoms with van der Waals surface area (Å²) in [6, 6.07) is 0. The summed E-state index contributed by atoms with van der Waals surface area (Å²) in [5.74, 6) is 3.67. The minimum absolute atomic E-state index is 0.904. The number of hydrogen-bond acceptors (Lipinski definition) is 3. The monoisotopic (exact) mass is 203 g/mol. The SMILES string of the molecule is COCCCCNCC1CCSC1. The quantitative estimate of drug-likeness (QED) is 0.637. The molecule has 0 spiro atoms. The summed E-state index contributed by atoms with van der Waals surface area (Å²) in [5, 5.41) is 3.52. The summed E-state index contributed by atoms with van der Waals surface area (Å²) in [4.78, 5) is 0. The highest BCUT2D eigenvalue weighted by Crippen LogP contribution is 2.22. The van der Waals surface area contributed by atoms with E-state index < -0.39 is 0 Å². The fraction of sp³-hybridized carbons (Fsp3) is 1.00. The summed E-state index contributed by atoms with van der Waals surface area (Å²) in [7, 11) is 1.77. The molecule has 0 amide bonds. The first-order chi connectivity index (χ1) is 6.43. The van der Waals surface area contributed by atoms with Gasteiger partial charge < -0.3 is 10.1 Å². The highest BCUT2D eigenvalue weighted by atomic mass is 32.2. The minimum atomic E-state index is 0.904. The van der Waals surface area contributed by atoms with Crippen LogP contribution in [-0.2, 0) is 4.74 Å². The van der Waals surface area contributed by atoms with Gasteiger partial charge >= 0.3 is 0 Å². The van der Waals surface area contributed by atoms with Gasteiger partial charge in [0.15, 0.2) is 0 Å². The van der Waals surface area contributed by atoms with Gasteiger partial charge in [-0.3, -0.25) is 0 Å². The third-order valence-electron chi connectivity index (χ3n) is 2.41. The van der Waals surface area contributed by atoms with Crippen LogP contribution in [0.2, 0.25) is 0 Å². The van der Waals surface area contributed by atoms with Crippen molar-refractivity contribution >= 4 is 11.8 Å². The highest BCUT2D eigenvalue weighted by molar-refractivity contribution is 7.99. The van der Waals surface area contributed by atoms with Crippen molar-refractivity contribution in [1.29, 1.82) is 0 Å². The Morgan fingerprint density at radius 3 is 3.08 bits per heavy atom. The fourth-order valence-electron chi connectivity index (χ4n) is 1.55. The van der Waals surface area contributed by atoms with Crippen LogP contribution in [0.5, 0.6) is 0 Å². The molecule has 0 aliphatic carbocycles. The molecule has 78 valence electrons. The Balaban J connectivity index is 1.78. The van der Waals surface area contributed by atoms with E-state index in [9.17, 15) is 0 Å². The predicted molar refractivity (Wildman–Crippen MR) is 59.4 cm³/mol. The molecule has 0 radical (unpaired) electrons. The summed E-state index contributed by atoms with van der Waals surface area (Å²) in [6.45, 7) is 3.28. The zero-order chi connectivity index (χ0) is 9.36. The molecule has 3 heteroatoms. The summed E-state index contributed by atoms with van der Waals surface area (Å²) >= 11 is 2.09. The van der Waals surface area contributed by atoms with Gasteiger partial charge in [-0.05, 0) is 49.8 Å². The molecule has 1 rings (SSSR count). The number of ether oxygens (including phenoxy) is 1. The number of thioether (sulfide) groups is 1. The van der Waals surface area contributed by atoms with Gasteiger partial charge in [0.05, 0.1) is 0 Å². The van der Waals surface area contributed by atoms with Crippen LogP contribution in [0, 0.1) is 5.92 Å². The molecule has 1 aliphatic rings. The average Bonchev–Trinajstić information content (AvgIpc) is 2.63. The number of methoxy groups -OCH3 is 1. The van der Waals surface area contributed by atoms with Crippen LogP contribution in [0.25, 0.3) is 0 Å². The van der Waals surface area contributed by atoms with Crippen LogP contribution < -0.4 is 5.32 Å². The molecule has 1 unspecified atom stereocenters.